The van der Waals surface area contributed by atoms with Crippen LogP contribution in [-0.2, 0) is 9.59 Å². The molecule has 0 radical (unpaired) electrons. The third-order valence-electron chi connectivity index (χ3n) is 3.49. The van der Waals surface area contributed by atoms with E-state index >= 15 is 0 Å². The van der Waals surface area contributed by atoms with Crippen LogP contribution in [0.15, 0.2) is 0 Å². The molecule has 2 amide bonds. The van der Waals surface area contributed by atoms with Crippen molar-refractivity contribution in [2.75, 3.05) is 19.6 Å². The highest BCUT2D eigenvalue weighted by Crippen LogP contribution is 2.19. The standard InChI is InChI=1S/C15H28N2O2/c1-11(2)9-14(18)17-7-5-13(6-8-17)15(19)16-10-12(3)4/h11-13H,5-10H2,1-4H3,(H,16,19). The molecule has 4 heteroatoms. The van der Waals surface area contributed by atoms with Crippen LogP contribution in [0.2, 0.25) is 0 Å². The molecule has 0 bridgehead atoms. The first kappa shape index (κ1) is 16.0. The average Bonchev–Trinajstić information content (AvgIpc) is 2.35. The zero-order chi connectivity index (χ0) is 14.4. The molecule has 1 fully saturated rings. The topological polar surface area (TPSA) is 49.4 Å². The molecule has 1 heterocycles. The quantitative estimate of drug-likeness (QED) is 0.829. The largest absolute Gasteiger partial charge is 0.356 e. The molecule has 0 aromatic carbocycles. The van der Waals surface area contributed by atoms with Crippen molar-refractivity contribution < 1.29 is 9.59 Å². The molecule has 1 aliphatic rings. The first-order chi connectivity index (χ1) is 8.90. The minimum Gasteiger partial charge on any atom is -0.356 e. The second-order valence-electron chi connectivity index (χ2n) is 6.39. The highest BCUT2D eigenvalue weighted by Gasteiger charge is 2.27. The minimum absolute atomic E-state index is 0.0850. The van der Waals surface area contributed by atoms with Gasteiger partial charge in [-0.1, -0.05) is 27.7 Å². The van der Waals surface area contributed by atoms with Gasteiger partial charge >= 0.3 is 0 Å². The van der Waals surface area contributed by atoms with E-state index in [0.29, 0.717) is 18.3 Å². The molecule has 0 aliphatic carbocycles. The highest BCUT2D eigenvalue weighted by molar-refractivity contribution is 5.80. The monoisotopic (exact) mass is 268 g/mol. The van der Waals surface area contributed by atoms with Gasteiger partial charge in [0.15, 0.2) is 0 Å². The van der Waals surface area contributed by atoms with Gasteiger partial charge in [0.25, 0.3) is 0 Å². The molecule has 1 rings (SSSR count). The number of carbonyl (C=O) groups excluding carboxylic acids is 2. The van der Waals surface area contributed by atoms with Crippen LogP contribution in [0.4, 0.5) is 0 Å². The van der Waals surface area contributed by atoms with Gasteiger partial charge in [-0.05, 0) is 24.7 Å². The Morgan fingerprint density at radius 3 is 2.16 bits per heavy atom. The van der Waals surface area contributed by atoms with Gasteiger partial charge in [-0.3, -0.25) is 9.59 Å². The van der Waals surface area contributed by atoms with Gasteiger partial charge in [0.2, 0.25) is 11.8 Å². The lowest BCUT2D eigenvalue weighted by Crippen LogP contribution is -2.43. The van der Waals surface area contributed by atoms with Gasteiger partial charge in [-0.2, -0.15) is 0 Å². The molecule has 1 saturated heterocycles. The van der Waals surface area contributed by atoms with Gasteiger partial charge in [0.05, 0.1) is 0 Å². The fourth-order valence-corrected chi connectivity index (χ4v) is 2.32. The molecule has 1 aliphatic heterocycles. The predicted molar refractivity (Wildman–Crippen MR) is 76.6 cm³/mol. The predicted octanol–water partition coefficient (Wildman–Crippen LogP) is 2.04. The lowest BCUT2D eigenvalue weighted by Gasteiger charge is -2.32. The van der Waals surface area contributed by atoms with E-state index < -0.39 is 0 Å². The normalized spacial score (nSPS) is 17.1. The molecular weight excluding hydrogens is 240 g/mol. The van der Waals surface area contributed by atoms with E-state index in [2.05, 4.69) is 33.0 Å². The highest BCUT2D eigenvalue weighted by atomic mass is 16.2. The fraction of sp³-hybridized carbons (Fsp3) is 0.867. The fourth-order valence-electron chi connectivity index (χ4n) is 2.32. The number of likely N-dealkylation sites (tertiary alicyclic amines) is 1. The lowest BCUT2D eigenvalue weighted by molar-refractivity contribution is -0.136. The Morgan fingerprint density at radius 2 is 1.68 bits per heavy atom. The third-order valence-corrected chi connectivity index (χ3v) is 3.49. The van der Waals surface area contributed by atoms with Crippen LogP contribution in [0.1, 0.15) is 47.0 Å². The van der Waals surface area contributed by atoms with Crippen LogP contribution < -0.4 is 5.32 Å². The summed E-state index contributed by atoms with van der Waals surface area (Å²) < 4.78 is 0. The number of carbonyl (C=O) groups is 2. The smallest absolute Gasteiger partial charge is 0.223 e. The molecular formula is C15H28N2O2. The van der Waals surface area contributed by atoms with E-state index in [0.717, 1.165) is 32.5 Å². The summed E-state index contributed by atoms with van der Waals surface area (Å²) in [6.45, 7) is 10.5. The van der Waals surface area contributed by atoms with Crippen molar-refractivity contribution in [2.45, 2.75) is 47.0 Å². The molecule has 0 aromatic heterocycles. The summed E-state index contributed by atoms with van der Waals surface area (Å²) in [4.78, 5) is 25.8. The molecule has 0 atom stereocenters. The van der Waals surface area contributed by atoms with Crippen molar-refractivity contribution in [3.05, 3.63) is 0 Å². The lowest BCUT2D eigenvalue weighted by atomic mass is 9.95. The number of amides is 2. The van der Waals surface area contributed by atoms with Crippen LogP contribution in [0.3, 0.4) is 0 Å². The number of nitrogens with zero attached hydrogens (tertiary/aromatic N) is 1. The zero-order valence-electron chi connectivity index (χ0n) is 12.7. The van der Waals surface area contributed by atoms with Crippen LogP contribution in [0.5, 0.6) is 0 Å². The van der Waals surface area contributed by atoms with E-state index in [1.54, 1.807) is 0 Å². The molecule has 19 heavy (non-hydrogen) atoms. The minimum atomic E-state index is 0.0850. The third kappa shape index (κ3) is 5.62. The Bertz CT molecular complexity index is 305. The van der Waals surface area contributed by atoms with Crippen molar-refractivity contribution in [3.63, 3.8) is 0 Å². The summed E-state index contributed by atoms with van der Waals surface area (Å²) in [6, 6.07) is 0. The Labute approximate surface area is 116 Å². The molecule has 4 nitrogen and oxygen atoms in total. The van der Waals surface area contributed by atoms with Crippen molar-refractivity contribution in [1.29, 1.82) is 0 Å². The Hall–Kier alpha value is -1.06. The summed E-state index contributed by atoms with van der Waals surface area (Å²) in [5.41, 5.74) is 0. The Balaban J connectivity index is 2.32. The molecule has 0 saturated carbocycles. The maximum Gasteiger partial charge on any atom is 0.223 e. The van der Waals surface area contributed by atoms with E-state index in [-0.39, 0.29) is 17.7 Å². The molecule has 0 unspecified atom stereocenters. The van der Waals surface area contributed by atoms with Crippen molar-refractivity contribution in [2.24, 2.45) is 17.8 Å². The summed E-state index contributed by atoms with van der Waals surface area (Å²) in [5, 5.41) is 2.99. The Morgan fingerprint density at radius 1 is 1.11 bits per heavy atom. The number of hydrogen-bond acceptors (Lipinski definition) is 2. The summed E-state index contributed by atoms with van der Waals surface area (Å²) >= 11 is 0. The number of rotatable bonds is 5. The number of piperidine rings is 1. The summed E-state index contributed by atoms with van der Waals surface area (Å²) in [6.07, 6.45) is 2.21. The van der Waals surface area contributed by atoms with Crippen molar-refractivity contribution >= 4 is 11.8 Å². The van der Waals surface area contributed by atoms with Gasteiger partial charge in [0, 0.05) is 32.0 Å². The van der Waals surface area contributed by atoms with E-state index in [9.17, 15) is 9.59 Å². The van der Waals surface area contributed by atoms with Crippen LogP contribution in [0, 0.1) is 17.8 Å². The average molecular weight is 268 g/mol. The summed E-state index contributed by atoms with van der Waals surface area (Å²) in [5.74, 6) is 1.36. The maximum atomic E-state index is 11.9. The van der Waals surface area contributed by atoms with Crippen LogP contribution >= 0.6 is 0 Å². The summed E-state index contributed by atoms with van der Waals surface area (Å²) in [7, 11) is 0. The SMILES string of the molecule is CC(C)CNC(=O)C1CCN(C(=O)CC(C)C)CC1. The first-order valence-corrected chi connectivity index (χ1v) is 7.45. The van der Waals surface area contributed by atoms with Crippen LogP contribution in [0.25, 0.3) is 0 Å². The second kappa shape index (κ2) is 7.51. The van der Waals surface area contributed by atoms with E-state index in [4.69, 9.17) is 0 Å². The first-order valence-electron chi connectivity index (χ1n) is 7.45. The van der Waals surface area contributed by atoms with Gasteiger partial charge in [-0.25, -0.2) is 0 Å². The number of nitrogens with one attached hydrogen (secondary N) is 1. The van der Waals surface area contributed by atoms with Crippen molar-refractivity contribution in [3.8, 4) is 0 Å². The maximum absolute atomic E-state index is 11.9. The second-order valence-corrected chi connectivity index (χ2v) is 6.39. The van der Waals surface area contributed by atoms with Crippen LogP contribution in [-0.4, -0.2) is 36.3 Å². The molecule has 110 valence electrons. The van der Waals surface area contributed by atoms with E-state index in [1.807, 2.05) is 4.90 Å². The molecule has 1 N–H and O–H groups in total. The van der Waals surface area contributed by atoms with Gasteiger partial charge in [0.1, 0.15) is 0 Å². The van der Waals surface area contributed by atoms with Gasteiger partial charge < -0.3 is 10.2 Å². The van der Waals surface area contributed by atoms with Gasteiger partial charge in [-0.15, -0.1) is 0 Å². The Kier molecular flexibility index (Phi) is 6.32. The molecule has 0 aromatic rings. The van der Waals surface area contributed by atoms with E-state index in [1.165, 1.54) is 0 Å². The zero-order valence-corrected chi connectivity index (χ0v) is 12.7. The van der Waals surface area contributed by atoms with Crippen molar-refractivity contribution in [1.82, 2.24) is 10.2 Å². The molecule has 0 spiro atoms. The number of hydrogen-bond donors (Lipinski definition) is 1.